The second-order valence-corrected chi connectivity index (χ2v) is 18.1. The Kier molecular flexibility index (Phi) is 7.26. The summed E-state index contributed by atoms with van der Waals surface area (Å²) in [4.78, 5) is 2.52. The van der Waals surface area contributed by atoms with Crippen LogP contribution >= 0.6 is 11.3 Å². The van der Waals surface area contributed by atoms with Gasteiger partial charge in [-0.15, -0.1) is 11.3 Å². The van der Waals surface area contributed by atoms with Crippen molar-refractivity contribution < 1.29 is 0 Å². The fourth-order valence-electron chi connectivity index (χ4n) is 11.5. The lowest BCUT2D eigenvalue weighted by Gasteiger charge is -2.32. The third-order valence-corrected chi connectivity index (χ3v) is 15.3. The van der Waals surface area contributed by atoms with E-state index in [9.17, 15) is 0 Å². The highest BCUT2D eigenvalue weighted by Gasteiger charge is 2.51. The van der Waals surface area contributed by atoms with Crippen LogP contribution in [0.15, 0.2) is 224 Å². The van der Waals surface area contributed by atoms with Gasteiger partial charge in [0.25, 0.3) is 0 Å². The molecule has 0 atom stereocenters. The number of hydrogen-bond donors (Lipinski definition) is 0. The van der Waals surface area contributed by atoms with E-state index in [1.165, 1.54) is 108 Å². The molecule has 0 aliphatic heterocycles. The lowest BCUT2D eigenvalue weighted by Crippen LogP contribution is -2.26. The summed E-state index contributed by atoms with van der Waals surface area (Å²) >= 11 is 1.89. The number of anilines is 3. The van der Waals surface area contributed by atoms with Gasteiger partial charge in [-0.05, 0) is 119 Å². The molecule has 2 aliphatic carbocycles. The molecule has 0 amide bonds. The summed E-state index contributed by atoms with van der Waals surface area (Å²) in [6, 6.07) is 84.1. The molecule has 63 heavy (non-hydrogen) atoms. The van der Waals surface area contributed by atoms with E-state index in [0.717, 1.165) is 17.1 Å². The summed E-state index contributed by atoms with van der Waals surface area (Å²) in [5.74, 6) is 0. The first-order chi connectivity index (χ1) is 31.3. The molecule has 1 nitrogen and oxygen atoms in total. The molecule has 2 heteroatoms. The number of rotatable bonds is 4. The Bertz CT molecular complexity index is 3760. The third-order valence-electron chi connectivity index (χ3n) is 14.1. The highest BCUT2D eigenvalue weighted by Crippen LogP contribution is 2.63. The van der Waals surface area contributed by atoms with E-state index >= 15 is 0 Å². The first-order valence-corrected chi connectivity index (χ1v) is 22.7. The Morgan fingerprint density at radius 2 is 0.778 bits per heavy atom. The molecule has 0 bridgehead atoms. The van der Waals surface area contributed by atoms with Gasteiger partial charge in [-0.2, -0.15) is 0 Å². The maximum absolute atomic E-state index is 2.52. The first-order valence-electron chi connectivity index (χ1n) is 21.8. The highest BCUT2D eigenvalue weighted by atomic mass is 32.1. The van der Waals surface area contributed by atoms with Crippen LogP contribution in [0.4, 0.5) is 17.1 Å². The maximum Gasteiger partial charge on any atom is 0.0726 e. The van der Waals surface area contributed by atoms with E-state index in [1.54, 1.807) is 0 Å². The summed E-state index contributed by atoms with van der Waals surface area (Å²) in [6.45, 7) is 0. The van der Waals surface area contributed by atoms with Crippen molar-refractivity contribution in [1.29, 1.82) is 0 Å². The van der Waals surface area contributed by atoms with E-state index in [4.69, 9.17) is 0 Å². The van der Waals surface area contributed by atoms with Gasteiger partial charge >= 0.3 is 0 Å². The summed E-state index contributed by atoms with van der Waals surface area (Å²) in [7, 11) is 0. The smallest absolute Gasteiger partial charge is 0.0726 e. The van der Waals surface area contributed by atoms with Gasteiger partial charge in [0.15, 0.2) is 0 Å². The van der Waals surface area contributed by atoms with E-state index in [2.05, 4.69) is 229 Å². The van der Waals surface area contributed by atoms with Crippen LogP contribution in [0, 0.1) is 0 Å². The molecule has 1 aromatic heterocycles. The Morgan fingerprint density at radius 3 is 1.43 bits per heavy atom. The second kappa shape index (κ2) is 13.1. The maximum atomic E-state index is 2.52. The summed E-state index contributed by atoms with van der Waals surface area (Å²) in [5.41, 5.74) is 16.0. The van der Waals surface area contributed by atoms with Crippen LogP contribution in [0.3, 0.4) is 0 Å². The van der Waals surface area contributed by atoms with Gasteiger partial charge < -0.3 is 4.90 Å². The van der Waals surface area contributed by atoms with Crippen LogP contribution in [0.2, 0.25) is 0 Å². The predicted octanol–water partition coefficient (Wildman–Crippen LogP) is 17.0. The van der Waals surface area contributed by atoms with E-state index in [0.29, 0.717) is 0 Å². The number of thiophene rings is 1. The van der Waals surface area contributed by atoms with Crippen molar-refractivity contribution in [3.63, 3.8) is 0 Å². The van der Waals surface area contributed by atoms with Gasteiger partial charge in [0.2, 0.25) is 0 Å². The van der Waals surface area contributed by atoms with Crippen LogP contribution in [0.5, 0.6) is 0 Å². The average Bonchev–Trinajstić information content (AvgIpc) is 3.99. The SMILES string of the molecule is c1ccc2c(c1)-c1ccccc1C21c2ccccc2-c2ccc(N(c3ccc(-c4cccc5c4sc4ccccc45)cc3)c3cccc4c5ccccc5c5ccccc5c34)cc21. The molecule has 0 N–H and O–H groups in total. The lowest BCUT2D eigenvalue weighted by atomic mass is 9.70. The molecule has 0 fully saturated rings. The topological polar surface area (TPSA) is 3.24 Å². The first kappa shape index (κ1) is 34.9. The van der Waals surface area contributed by atoms with Gasteiger partial charge in [0.1, 0.15) is 0 Å². The molecular formula is C61H37NS. The molecule has 2 aliphatic rings. The summed E-state index contributed by atoms with van der Waals surface area (Å²) in [5, 5.41) is 10.2. The minimum absolute atomic E-state index is 0.449. The zero-order valence-electron chi connectivity index (χ0n) is 34.2. The molecule has 0 saturated heterocycles. The van der Waals surface area contributed by atoms with Crippen LogP contribution in [0.1, 0.15) is 22.3 Å². The fraction of sp³-hybridized carbons (Fsp3) is 0.0164. The Labute approximate surface area is 369 Å². The summed E-state index contributed by atoms with van der Waals surface area (Å²) in [6.07, 6.45) is 0. The third kappa shape index (κ3) is 4.71. The fourth-order valence-corrected chi connectivity index (χ4v) is 12.8. The zero-order chi connectivity index (χ0) is 41.2. The van der Waals surface area contributed by atoms with Crippen molar-refractivity contribution in [1.82, 2.24) is 0 Å². The van der Waals surface area contributed by atoms with Crippen molar-refractivity contribution in [3.05, 3.63) is 247 Å². The highest BCUT2D eigenvalue weighted by molar-refractivity contribution is 7.26. The molecule has 14 rings (SSSR count). The quantitative estimate of drug-likeness (QED) is 0.160. The lowest BCUT2D eigenvalue weighted by molar-refractivity contribution is 0.793. The molecule has 1 spiro atoms. The van der Waals surface area contributed by atoms with Crippen molar-refractivity contribution in [3.8, 4) is 33.4 Å². The van der Waals surface area contributed by atoms with Gasteiger partial charge in [-0.1, -0.05) is 188 Å². The van der Waals surface area contributed by atoms with Crippen LogP contribution < -0.4 is 4.90 Å². The number of nitrogens with zero attached hydrogens (tertiary/aromatic N) is 1. The standard InChI is InChI=1S/C61H37NS/c1-2-16-44-42(15-1)43-17-3-4-22-50(43)59-51(44)24-14-29-57(59)62(39-33-31-38(32-34-39)41-23-13-25-52-49-21-8-12-30-58(49)63-60(41)52)40-35-36-48-47-20-7-11-28-55(47)61(56(48)37-40)53-26-9-5-18-45(53)46-19-6-10-27-54(46)61/h1-37H. The Hall–Kier alpha value is -7.78. The van der Waals surface area contributed by atoms with Crippen molar-refractivity contribution in [2.45, 2.75) is 5.41 Å². The summed E-state index contributed by atoms with van der Waals surface area (Å²) < 4.78 is 2.65. The number of hydrogen-bond acceptors (Lipinski definition) is 2. The van der Waals surface area contributed by atoms with Gasteiger partial charge in [0, 0.05) is 36.9 Å². The monoisotopic (exact) mass is 815 g/mol. The minimum atomic E-state index is -0.449. The molecule has 1 heterocycles. The molecule has 11 aromatic carbocycles. The molecule has 12 aromatic rings. The largest absolute Gasteiger partial charge is 0.310 e. The van der Waals surface area contributed by atoms with Crippen LogP contribution in [0.25, 0.3) is 85.9 Å². The van der Waals surface area contributed by atoms with E-state index in [-0.39, 0.29) is 0 Å². The zero-order valence-corrected chi connectivity index (χ0v) is 35.0. The van der Waals surface area contributed by atoms with Crippen molar-refractivity contribution in [2.24, 2.45) is 0 Å². The van der Waals surface area contributed by atoms with Crippen molar-refractivity contribution in [2.75, 3.05) is 4.90 Å². The van der Waals surface area contributed by atoms with E-state index < -0.39 is 5.41 Å². The molecule has 0 unspecified atom stereocenters. The number of benzene rings is 11. The van der Waals surface area contributed by atoms with E-state index in [1.807, 2.05) is 11.3 Å². The van der Waals surface area contributed by atoms with Gasteiger partial charge in [-0.25, -0.2) is 0 Å². The second-order valence-electron chi connectivity index (χ2n) is 17.1. The molecule has 292 valence electrons. The molecule has 0 saturated carbocycles. The van der Waals surface area contributed by atoms with Gasteiger partial charge in [0.05, 0.1) is 11.1 Å². The Balaban J connectivity index is 1.05. The average molecular weight is 816 g/mol. The van der Waals surface area contributed by atoms with Gasteiger partial charge in [-0.3, -0.25) is 0 Å². The molecule has 0 radical (unpaired) electrons. The van der Waals surface area contributed by atoms with Crippen LogP contribution in [-0.4, -0.2) is 0 Å². The molecular weight excluding hydrogens is 779 g/mol. The predicted molar refractivity (Wildman–Crippen MR) is 268 cm³/mol. The number of fused-ring (bicyclic) bond motifs is 19. The normalized spacial score (nSPS) is 13.2. The van der Waals surface area contributed by atoms with Crippen LogP contribution in [-0.2, 0) is 5.41 Å². The minimum Gasteiger partial charge on any atom is -0.310 e. The Morgan fingerprint density at radius 1 is 0.317 bits per heavy atom. The van der Waals surface area contributed by atoms with Crippen molar-refractivity contribution >= 4 is 80.9 Å².